The van der Waals surface area contributed by atoms with E-state index in [1.807, 2.05) is 0 Å². The minimum atomic E-state index is 0.219. The van der Waals surface area contributed by atoms with E-state index in [1.54, 1.807) is 11.8 Å². The first kappa shape index (κ1) is 6.36. The van der Waals surface area contributed by atoms with Crippen LogP contribution in [0.1, 0.15) is 13.8 Å². The molecule has 46 valence electrons. The maximum Gasteiger partial charge on any atom is 0.220 e. The molecule has 1 nitrogen and oxygen atoms in total. The van der Waals surface area contributed by atoms with E-state index in [9.17, 15) is 0 Å². The van der Waals surface area contributed by atoms with Crippen molar-refractivity contribution in [2.45, 2.75) is 18.6 Å². The van der Waals surface area contributed by atoms with Gasteiger partial charge in [0, 0.05) is 0 Å². The number of hydrogen-bond donors (Lipinski definition) is 0. The fourth-order valence-corrected chi connectivity index (χ4v) is 1.94. The molecule has 0 bridgehead atoms. The second kappa shape index (κ2) is 1.88. The van der Waals surface area contributed by atoms with Gasteiger partial charge in [0.05, 0.1) is 4.75 Å². The molecule has 0 atom stereocenters. The summed E-state index contributed by atoms with van der Waals surface area (Å²) < 4.78 is 5.97. The van der Waals surface area contributed by atoms with Crippen molar-refractivity contribution in [1.82, 2.24) is 0 Å². The molecule has 0 spiro atoms. The lowest BCUT2D eigenvalue weighted by atomic mass is 10.2. The van der Waals surface area contributed by atoms with Gasteiger partial charge >= 0.3 is 0 Å². The molecule has 1 aliphatic heterocycles. The van der Waals surface area contributed by atoms with Gasteiger partial charge in [-0.25, -0.2) is 0 Å². The van der Waals surface area contributed by atoms with E-state index in [0.29, 0.717) is 4.38 Å². The fraction of sp³-hybridized carbons (Fsp3) is 0.800. The summed E-state index contributed by atoms with van der Waals surface area (Å²) in [6, 6.07) is 0. The highest BCUT2D eigenvalue weighted by Gasteiger charge is 2.29. The van der Waals surface area contributed by atoms with Crippen LogP contribution in [0, 0.1) is 0 Å². The molecule has 1 fully saturated rings. The zero-order valence-electron chi connectivity index (χ0n) is 4.93. The van der Waals surface area contributed by atoms with E-state index >= 15 is 0 Å². The van der Waals surface area contributed by atoms with Gasteiger partial charge in [-0.15, -0.1) is 0 Å². The van der Waals surface area contributed by atoms with E-state index in [1.165, 1.54) is 0 Å². The summed E-state index contributed by atoms with van der Waals surface area (Å²) >= 11 is 6.44. The largest absolute Gasteiger partial charge is 0.477 e. The summed E-state index contributed by atoms with van der Waals surface area (Å²) in [6.45, 7) is 5.00. The first-order valence-corrected chi connectivity index (χ1v) is 3.68. The third-order valence-corrected chi connectivity index (χ3v) is 2.22. The molecule has 0 saturated carbocycles. The van der Waals surface area contributed by atoms with Crippen LogP contribution < -0.4 is 0 Å². The first-order valence-electron chi connectivity index (χ1n) is 2.46. The molecule has 0 aromatic rings. The van der Waals surface area contributed by atoms with Gasteiger partial charge in [0.25, 0.3) is 0 Å². The van der Waals surface area contributed by atoms with Crippen LogP contribution in [-0.2, 0) is 4.74 Å². The van der Waals surface area contributed by atoms with Crippen molar-refractivity contribution in [3.8, 4) is 0 Å². The van der Waals surface area contributed by atoms with Crippen molar-refractivity contribution >= 4 is 28.4 Å². The number of thioether (sulfide) groups is 1. The van der Waals surface area contributed by atoms with Crippen LogP contribution in [-0.4, -0.2) is 15.7 Å². The van der Waals surface area contributed by atoms with Gasteiger partial charge in [-0.05, 0) is 26.1 Å². The molecule has 1 heterocycles. The molecule has 0 N–H and O–H groups in total. The van der Waals surface area contributed by atoms with Crippen LogP contribution in [0.2, 0.25) is 0 Å². The van der Waals surface area contributed by atoms with Crippen LogP contribution in [0.25, 0.3) is 0 Å². The number of ether oxygens (including phenoxy) is 1. The lowest BCUT2D eigenvalue weighted by Crippen LogP contribution is -2.13. The van der Waals surface area contributed by atoms with Crippen molar-refractivity contribution in [2.24, 2.45) is 0 Å². The van der Waals surface area contributed by atoms with Gasteiger partial charge in [0.1, 0.15) is 6.61 Å². The standard InChI is InChI=1S/C5H8OS2/c1-5(2)3-6-4(7)8-5/h3H2,1-2H3. The van der Waals surface area contributed by atoms with E-state index in [0.717, 1.165) is 6.61 Å². The predicted octanol–water partition coefficient (Wildman–Crippen LogP) is 1.81. The second-order valence-electron chi connectivity index (χ2n) is 2.40. The van der Waals surface area contributed by atoms with E-state index in [2.05, 4.69) is 13.8 Å². The summed E-state index contributed by atoms with van der Waals surface area (Å²) in [5.74, 6) is 0. The smallest absolute Gasteiger partial charge is 0.220 e. The molecule has 1 aliphatic rings. The summed E-state index contributed by atoms with van der Waals surface area (Å²) in [5.41, 5.74) is 0. The maximum absolute atomic E-state index is 5.06. The van der Waals surface area contributed by atoms with E-state index in [4.69, 9.17) is 17.0 Å². The van der Waals surface area contributed by atoms with Gasteiger partial charge < -0.3 is 4.74 Å². The van der Waals surface area contributed by atoms with Gasteiger partial charge in [-0.2, -0.15) is 0 Å². The lowest BCUT2D eigenvalue weighted by Gasteiger charge is -2.08. The van der Waals surface area contributed by atoms with Gasteiger partial charge in [0.2, 0.25) is 4.38 Å². The topological polar surface area (TPSA) is 9.23 Å². The summed E-state index contributed by atoms with van der Waals surface area (Å²) in [4.78, 5) is 0. The van der Waals surface area contributed by atoms with E-state index in [-0.39, 0.29) is 4.75 Å². The predicted molar refractivity (Wildman–Crippen MR) is 40.2 cm³/mol. The van der Waals surface area contributed by atoms with Crippen molar-refractivity contribution in [3.63, 3.8) is 0 Å². The SMILES string of the molecule is CC1(C)COC(=S)S1. The van der Waals surface area contributed by atoms with Crippen LogP contribution >= 0.6 is 24.0 Å². The summed E-state index contributed by atoms with van der Waals surface area (Å²) in [6.07, 6.45) is 0. The maximum atomic E-state index is 5.06. The Morgan fingerprint density at radius 3 is 2.50 bits per heavy atom. The number of rotatable bonds is 0. The molecule has 1 rings (SSSR count). The van der Waals surface area contributed by atoms with Crippen molar-refractivity contribution < 1.29 is 4.74 Å². The molecule has 8 heavy (non-hydrogen) atoms. The van der Waals surface area contributed by atoms with Crippen LogP contribution in [0.5, 0.6) is 0 Å². The molecule has 1 saturated heterocycles. The third-order valence-electron chi connectivity index (χ3n) is 0.897. The molecule has 0 aromatic carbocycles. The molecular formula is C5H8OS2. The molecule has 0 aliphatic carbocycles. The van der Waals surface area contributed by atoms with Crippen LogP contribution in [0.3, 0.4) is 0 Å². The minimum absolute atomic E-state index is 0.219. The Hall–Kier alpha value is 0.240. The average Bonchev–Trinajstić information content (AvgIpc) is 1.82. The minimum Gasteiger partial charge on any atom is -0.477 e. The average molecular weight is 148 g/mol. The molecule has 0 amide bonds. The Morgan fingerprint density at radius 2 is 2.38 bits per heavy atom. The fourth-order valence-electron chi connectivity index (χ4n) is 0.517. The molecular weight excluding hydrogens is 140 g/mol. The monoisotopic (exact) mass is 148 g/mol. The Kier molecular flexibility index (Phi) is 1.50. The Bertz CT molecular complexity index is 120. The van der Waals surface area contributed by atoms with Crippen molar-refractivity contribution in [1.29, 1.82) is 0 Å². The summed E-state index contributed by atoms with van der Waals surface area (Å²) in [7, 11) is 0. The quantitative estimate of drug-likeness (QED) is 0.485. The molecule has 0 unspecified atom stereocenters. The van der Waals surface area contributed by atoms with Crippen molar-refractivity contribution in [3.05, 3.63) is 0 Å². The Morgan fingerprint density at radius 1 is 1.75 bits per heavy atom. The molecule has 0 radical (unpaired) electrons. The normalized spacial score (nSPS) is 25.5. The second-order valence-corrected chi connectivity index (χ2v) is 4.71. The van der Waals surface area contributed by atoms with Crippen LogP contribution in [0.15, 0.2) is 0 Å². The summed E-state index contributed by atoms with van der Waals surface area (Å²) in [5, 5.41) is 0. The Labute approximate surface area is 58.8 Å². The van der Waals surface area contributed by atoms with E-state index < -0.39 is 0 Å². The van der Waals surface area contributed by atoms with Gasteiger partial charge in [0.15, 0.2) is 0 Å². The number of hydrogen-bond acceptors (Lipinski definition) is 3. The lowest BCUT2D eigenvalue weighted by molar-refractivity contribution is 0.306. The molecule has 0 aromatic heterocycles. The highest BCUT2D eigenvalue weighted by Crippen LogP contribution is 2.32. The zero-order valence-corrected chi connectivity index (χ0v) is 6.56. The first-order chi connectivity index (χ1) is 3.60. The third kappa shape index (κ3) is 1.36. The highest BCUT2D eigenvalue weighted by molar-refractivity contribution is 8.23. The highest BCUT2D eigenvalue weighted by atomic mass is 32.2. The zero-order chi connectivity index (χ0) is 6.20. The molecule has 3 heteroatoms. The number of thiocarbonyl (C=S) groups is 1. The Balaban J connectivity index is 2.56. The van der Waals surface area contributed by atoms with Crippen LogP contribution in [0.4, 0.5) is 0 Å². The van der Waals surface area contributed by atoms with Gasteiger partial charge in [-0.1, -0.05) is 11.8 Å². The van der Waals surface area contributed by atoms with Gasteiger partial charge in [-0.3, -0.25) is 0 Å². The van der Waals surface area contributed by atoms with Crippen molar-refractivity contribution in [2.75, 3.05) is 6.61 Å².